The Hall–Kier alpha value is -3.13. The lowest BCUT2D eigenvalue weighted by molar-refractivity contribution is -0.138. The number of carbonyl (C=O) groups is 2. The maximum Gasteiger partial charge on any atom is 0.416 e. The number of halogens is 3. The van der Waals surface area contributed by atoms with Gasteiger partial charge in [0.05, 0.1) is 17.7 Å². The van der Waals surface area contributed by atoms with Gasteiger partial charge in [0.25, 0.3) is 11.8 Å². The van der Waals surface area contributed by atoms with Gasteiger partial charge in [0.1, 0.15) is 5.70 Å². The van der Waals surface area contributed by atoms with E-state index in [2.05, 4.69) is 11.8 Å². The zero-order valence-corrected chi connectivity index (χ0v) is 18.7. The average Bonchev–Trinajstić information content (AvgIpc) is 3.04. The summed E-state index contributed by atoms with van der Waals surface area (Å²) in [6.45, 7) is 7.47. The zero-order chi connectivity index (χ0) is 23.8. The molecule has 1 fully saturated rings. The standard InChI is InChI=1S/C25H26F3N3O2/c1-3-29-11-13-30(14-12-29)22-21(19-9-7-17(2)8-10-19)23(32)31(24(22)33)16-18-5-4-6-20(15-18)25(26,27)28/h4-10,15H,3,11-14,16H2,1-2H3. The van der Waals surface area contributed by atoms with Crippen LogP contribution in [0, 0.1) is 6.92 Å². The maximum atomic E-state index is 13.5. The van der Waals surface area contributed by atoms with Crippen LogP contribution in [0.25, 0.3) is 5.57 Å². The van der Waals surface area contributed by atoms with Crippen LogP contribution in [-0.2, 0) is 22.3 Å². The first-order valence-corrected chi connectivity index (χ1v) is 11.0. The number of alkyl halides is 3. The Kier molecular flexibility index (Phi) is 6.30. The molecule has 5 nitrogen and oxygen atoms in total. The van der Waals surface area contributed by atoms with Crippen molar-refractivity contribution >= 4 is 17.4 Å². The van der Waals surface area contributed by atoms with Gasteiger partial charge in [0.2, 0.25) is 0 Å². The molecule has 0 bridgehead atoms. The number of piperazine rings is 1. The molecule has 0 N–H and O–H groups in total. The van der Waals surface area contributed by atoms with Crippen molar-refractivity contribution in [2.45, 2.75) is 26.6 Å². The summed E-state index contributed by atoms with van der Waals surface area (Å²) in [5.41, 5.74) is 1.77. The number of nitrogens with zero attached hydrogens (tertiary/aromatic N) is 3. The first kappa shape index (κ1) is 23.0. The van der Waals surface area contributed by atoms with E-state index in [1.165, 1.54) is 12.1 Å². The van der Waals surface area contributed by atoms with Crippen molar-refractivity contribution < 1.29 is 22.8 Å². The van der Waals surface area contributed by atoms with Crippen LogP contribution in [0.1, 0.15) is 29.2 Å². The lowest BCUT2D eigenvalue weighted by atomic mass is 10.0. The molecule has 2 aliphatic heterocycles. The van der Waals surface area contributed by atoms with Gasteiger partial charge < -0.3 is 9.80 Å². The lowest BCUT2D eigenvalue weighted by Crippen LogP contribution is -2.47. The van der Waals surface area contributed by atoms with Crippen molar-refractivity contribution in [2.24, 2.45) is 0 Å². The minimum Gasteiger partial charge on any atom is -0.364 e. The Balaban J connectivity index is 1.68. The van der Waals surface area contributed by atoms with Crippen LogP contribution in [0.3, 0.4) is 0 Å². The number of rotatable bonds is 5. The average molecular weight is 457 g/mol. The van der Waals surface area contributed by atoms with Crippen molar-refractivity contribution in [3.8, 4) is 0 Å². The molecule has 1 saturated heterocycles. The van der Waals surface area contributed by atoms with Gasteiger partial charge in [-0.25, -0.2) is 0 Å². The van der Waals surface area contributed by atoms with Crippen LogP contribution in [0.4, 0.5) is 13.2 Å². The third-order valence-corrected chi connectivity index (χ3v) is 6.21. The molecule has 0 aliphatic carbocycles. The van der Waals surface area contributed by atoms with Crippen LogP contribution < -0.4 is 0 Å². The number of likely N-dealkylation sites (N-methyl/N-ethyl adjacent to an activating group) is 1. The monoisotopic (exact) mass is 457 g/mol. The number of aryl methyl sites for hydroxylation is 1. The molecule has 33 heavy (non-hydrogen) atoms. The van der Waals surface area contributed by atoms with Crippen LogP contribution in [0.15, 0.2) is 54.2 Å². The van der Waals surface area contributed by atoms with Gasteiger partial charge in [-0.05, 0) is 36.7 Å². The predicted molar refractivity (Wildman–Crippen MR) is 119 cm³/mol. The first-order chi connectivity index (χ1) is 15.7. The summed E-state index contributed by atoms with van der Waals surface area (Å²) in [6, 6.07) is 12.1. The third kappa shape index (κ3) is 4.66. The van der Waals surface area contributed by atoms with Crippen molar-refractivity contribution in [3.05, 3.63) is 76.5 Å². The van der Waals surface area contributed by atoms with E-state index in [-0.39, 0.29) is 12.1 Å². The number of imide groups is 1. The van der Waals surface area contributed by atoms with Gasteiger partial charge in [-0.2, -0.15) is 13.2 Å². The summed E-state index contributed by atoms with van der Waals surface area (Å²) in [4.78, 5) is 32.2. The molecule has 0 unspecified atom stereocenters. The molecule has 4 rings (SSSR count). The molecule has 8 heteroatoms. The summed E-state index contributed by atoms with van der Waals surface area (Å²) in [5.74, 6) is -0.938. The van der Waals surface area contributed by atoms with Gasteiger partial charge in [-0.15, -0.1) is 0 Å². The molecule has 2 heterocycles. The Bertz CT molecular complexity index is 1080. The zero-order valence-electron chi connectivity index (χ0n) is 18.7. The minimum absolute atomic E-state index is 0.213. The summed E-state index contributed by atoms with van der Waals surface area (Å²) >= 11 is 0. The van der Waals surface area contributed by atoms with E-state index in [9.17, 15) is 22.8 Å². The smallest absolute Gasteiger partial charge is 0.364 e. The minimum atomic E-state index is -4.50. The van der Waals surface area contributed by atoms with Crippen LogP contribution in [0.2, 0.25) is 0 Å². The normalized spacial score (nSPS) is 18.0. The van der Waals surface area contributed by atoms with Crippen molar-refractivity contribution in [3.63, 3.8) is 0 Å². The van der Waals surface area contributed by atoms with E-state index < -0.39 is 23.6 Å². The fraction of sp³-hybridized carbons (Fsp3) is 0.360. The molecule has 2 amide bonds. The van der Waals surface area contributed by atoms with Crippen LogP contribution in [0.5, 0.6) is 0 Å². The highest BCUT2D eigenvalue weighted by molar-refractivity contribution is 6.35. The molecule has 0 atom stereocenters. The SMILES string of the molecule is CCN1CCN(C2=C(c3ccc(C)cc3)C(=O)N(Cc3cccc(C(F)(F)F)c3)C2=O)CC1. The quantitative estimate of drug-likeness (QED) is 0.639. The van der Waals surface area contributed by atoms with Gasteiger partial charge in [0.15, 0.2) is 0 Å². The number of benzene rings is 2. The van der Waals surface area contributed by atoms with Crippen LogP contribution >= 0.6 is 0 Å². The van der Waals surface area contributed by atoms with Crippen LogP contribution in [-0.4, -0.2) is 59.2 Å². The molecule has 0 aromatic heterocycles. The summed E-state index contributed by atoms with van der Waals surface area (Å²) < 4.78 is 39.5. The highest BCUT2D eigenvalue weighted by Crippen LogP contribution is 2.34. The van der Waals surface area contributed by atoms with Crippen molar-refractivity contribution in [1.82, 2.24) is 14.7 Å². The van der Waals surface area contributed by atoms with E-state index in [4.69, 9.17) is 0 Å². The van der Waals surface area contributed by atoms with Gasteiger partial charge in [-0.1, -0.05) is 48.9 Å². The summed E-state index contributed by atoms with van der Waals surface area (Å²) in [6.07, 6.45) is -4.50. The molecule has 2 aromatic rings. The Labute approximate surface area is 191 Å². The fourth-order valence-corrected chi connectivity index (χ4v) is 4.30. The van der Waals surface area contributed by atoms with E-state index in [0.29, 0.717) is 29.9 Å². The Morgan fingerprint density at radius 1 is 0.909 bits per heavy atom. The molecule has 0 spiro atoms. The second-order valence-electron chi connectivity index (χ2n) is 8.41. The van der Waals surface area contributed by atoms with Crippen molar-refractivity contribution in [1.29, 1.82) is 0 Å². The Morgan fingerprint density at radius 2 is 1.58 bits per heavy atom. The largest absolute Gasteiger partial charge is 0.416 e. The van der Waals surface area contributed by atoms with Gasteiger partial charge >= 0.3 is 6.18 Å². The van der Waals surface area contributed by atoms with E-state index >= 15 is 0 Å². The highest BCUT2D eigenvalue weighted by atomic mass is 19.4. The highest BCUT2D eigenvalue weighted by Gasteiger charge is 2.42. The molecule has 174 valence electrons. The molecular weight excluding hydrogens is 431 g/mol. The molecule has 0 saturated carbocycles. The summed E-state index contributed by atoms with van der Waals surface area (Å²) in [5, 5.41) is 0. The molecule has 2 aliphatic rings. The number of carbonyl (C=O) groups excluding carboxylic acids is 2. The van der Waals surface area contributed by atoms with Crippen molar-refractivity contribution in [2.75, 3.05) is 32.7 Å². The topological polar surface area (TPSA) is 43.9 Å². The lowest BCUT2D eigenvalue weighted by Gasteiger charge is -2.36. The van der Waals surface area contributed by atoms with Gasteiger partial charge in [0, 0.05) is 26.2 Å². The molecular formula is C25H26F3N3O2. The summed E-state index contributed by atoms with van der Waals surface area (Å²) in [7, 11) is 0. The second-order valence-corrected chi connectivity index (χ2v) is 8.41. The van der Waals surface area contributed by atoms with E-state index in [1.807, 2.05) is 36.1 Å². The predicted octanol–water partition coefficient (Wildman–Crippen LogP) is 3.93. The molecule has 0 radical (unpaired) electrons. The van der Waals surface area contributed by atoms with E-state index in [1.54, 1.807) is 0 Å². The van der Waals surface area contributed by atoms with E-state index in [0.717, 1.165) is 42.2 Å². The Morgan fingerprint density at radius 3 is 2.18 bits per heavy atom. The maximum absolute atomic E-state index is 13.5. The number of amides is 2. The number of hydrogen-bond donors (Lipinski definition) is 0. The molecule has 2 aromatic carbocycles. The number of hydrogen-bond acceptors (Lipinski definition) is 4. The first-order valence-electron chi connectivity index (χ1n) is 11.0. The fourth-order valence-electron chi connectivity index (χ4n) is 4.30. The van der Waals surface area contributed by atoms with Gasteiger partial charge in [-0.3, -0.25) is 14.5 Å². The third-order valence-electron chi connectivity index (χ3n) is 6.21. The second kappa shape index (κ2) is 9.02.